The van der Waals surface area contributed by atoms with Crippen molar-refractivity contribution in [2.24, 2.45) is 0 Å². The number of carbonyl (C=O) groups is 1. The molecule has 0 radical (unpaired) electrons. The molecule has 0 aromatic heterocycles. The summed E-state index contributed by atoms with van der Waals surface area (Å²) < 4.78 is 32.3. The highest BCUT2D eigenvalue weighted by molar-refractivity contribution is 7.89. The first-order chi connectivity index (χ1) is 13.4. The van der Waals surface area contributed by atoms with Crippen LogP contribution in [-0.2, 0) is 14.8 Å². The number of hydrogen-bond acceptors (Lipinski definition) is 5. The van der Waals surface area contributed by atoms with Crippen molar-refractivity contribution in [2.45, 2.75) is 4.90 Å². The van der Waals surface area contributed by atoms with Gasteiger partial charge in [0.1, 0.15) is 10.6 Å². The lowest BCUT2D eigenvalue weighted by atomic mass is 10.2. The fourth-order valence-electron chi connectivity index (χ4n) is 2.86. The Balaban J connectivity index is 1.57. The standard InChI is InChI=1S/C19H18ClN3O4S/c20-17-6-1-2-7-18(17)28(25,26)23-10-8-22(9-11-23)19(24)14-27-16-5-3-4-15(12-16)13-21/h1-7,12H,8-11,14H2. The molecule has 1 saturated heterocycles. The molecule has 0 N–H and O–H groups in total. The molecular weight excluding hydrogens is 402 g/mol. The van der Waals surface area contributed by atoms with Gasteiger partial charge in [-0.15, -0.1) is 0 Å². The molecule has 1 aliphatic heterocycles. The minimum atomic E-state index is -3.70. The zero-order valence-corrected chi connectivity index (χ0v) is 16.5. The van der Waals surface area contributed by atoms with E-state index in [-0.39, 0.29) is 48.6 Å². The van der Waals surface area contributed by atoms with Gasteiger partial charge in [0, 0.05) is 26.2 Å². The Kier molecular flexibility index (Phi) is 6.19. The third-order valence-corrected chi connectivity index (χ3v) is 6.77. The maximum atomic E-state index is 12.7. The summed E-state index contributed by atoms with van der Waals surface area (Å²) in [5.74, 6) is 0.199. The largest absolute Gasteiger partial charge is 0.484 e. The van der Waals surface area contributed by atoms with Crippen LogP contribution in [0.25, 0.3) is 0 Å². The van der Waals surface area contributed by atoms with Gasteiger partial charge in [0.25, 0.3) is 5.91 Å². The molecule has 1 aliphatic rings. The Morgan fingerprint density at radius 3 is 2.50 bits per heavy atom. The molecule has 3 rings (SSSR count). The number of rotatable bonds is 5. The van der Waals surface area contributed by atoms with Crippen molar-refractivity contribution in [2.75, 3.05) is 32.8 Å². The quantitative estimate of drug-likeness (QED) is 0.740. The first-order valence-electron chi connectivity index (χ1n) is 8.57. The molecule has 0 bridgehead atoms. The van der Waals surface area contributed by atoms with E-state index >= 15 is 0 Å². The van der Waals surface area contributed by atoms with Crippen LogP contribution >= 0.6 is 11.6 Å². The molecule has 0 unspecified atom stereocenters. The van der Waals surface area contributed by atoms with Crippen molar-refractivity contribution < 1.29 is 17.9 Å². The van der Waals surface area contributed by atoms with Gasteiger partial charge >= 0.3 is 0 Å². The Bertz CT molecular complexity index is 1010. The maximum absolute atomic E-state index is 12.7. The molecule has 0 aliphatic carbocycles. The van der Waals surface area contributed by atoms with Crippen molar-refractivity contribution in [3.05, 3.63) is 59.1 Å². The summed E-state index contributed by atoms with van der Waals surface area (Å²) in [6, 6.07) is 14.9. The van der Waals surface area contributed by atoms with Crippen molar-refractivity contribution >= 4 is 27.5 Å². The Morgan fingerprint density at radius 2 is 1.82 bits per heavy atom. The average Bonchev–Trinajstić information content (AvgIpc) is 2.72. The van der Waals surface area contributed by atoms with Gasteiger partial charge in [-0.2, -0.15) is 9.57 Å². The van der Waals surface area contributed by atoms with Gasteiger partial charge in [0.05, 0.1) is 16.7 Å². The fourth-order valence-corrected chi connectivity index (χ4v) is 4.78. The van der Waals surface area contributed by atoms with E-state index in [1.54, 1.807) is 41.3 Å². The molecule has 146 valence electrons. The number of piperazine rings is 1. The number of nitrogens with zero attached hydrogens (tertiary/aromatic N) is 3. The van der Waals surface area contributed by atoms with Crippen LogP contribution in [-0.4, -0.2) is 56.3 Å². The first-order valence-corrected chi connectivity index (χ1v) is 10.4. The zero-order chi connectivity index (χ0) is 20.1. The van der Waals surface area contributed by atoms with E-state index in [9.17, 15) is 13.2 Å². The van der Waals surface area contributed by atoms with Crippen molar-refractivity contribution in [3.63, 3.8) is 0 Å². The minimum Gasteiger partial charge on any atom is -0.484 e. The summed E-state index contributed by atoms with van der Waals surface area (Å²) in [6.45, 7) is 0.729. The second kappa shape index (κ2) is 8.61. The van der Waals surface area contributed by atoms with Gasteiger partial charge in [-0.1, -0.05) is 29.8 Å². The molecule has 1 fully saturated rings. The van der Waals surface area contributed by atoms with Gasteiger partial charge in [-0.25, -0.2) is 8.42 Å². The van der Waals surface area contributed by atoms with Crippen molar-refractivity contribution in [3.8, 4) is 11.8 Å². The number of sulfonamides is 1. The minimum absolute atomic E-state index is 0.0668. The van der Waals surface area contributed by atoms with Crippen LogP contribution in [0.5, 0.6) is 5.75 Å². The Labute approximate surface area is 168 Å². The highest BCUT2D eigenvalue weighted by Crippen LogP contribution is 2.25. The number of benzene rings is 2. The number of nitriles is 1. The summed E-state index contributed by atoms with van der Waals surface area (Å²) in [5, 5.41) is 9.07. The van der Waals surface area contributed by atoms with E-state index in [0.29, 0.717) is 11.3 Å². The van der Waals surface area contributed by atoms with Crippen LogP contribution in [0, 0.1) is 11.3 Å². The molecule has 7 nitrogen and oxygen atoms in total. The molecule has 0 atom stereocenters. The van der Waals surface area contributed by atoms with Crippen LogP contribution in [0.4, 0.5) is 0 Å². The van der Waals surface area contributed by atoms with E-state index in [0.717, 1.165) is 0 Å². The van der Waals surface area contributed by atoms with Crippen molar-refractivity contribution in [1.29, 1.82) is 5.26 Å². The highest BCUT2D eigenvalue weighted by Gasteiger charge is 2.31. The van der Waals surface area contributed by atoms with Crippen LogP contribution in [0.2, 0.25) is 5.02 Å². The van der Waals surface area contributed by atoms with E-state index in [1.807, 2.05) is 6.07 Å². The molecule has 2 aromatic carbocycles. The monoisotopic (exact) mass is 419 g/mol. The second-order valence-corrected chi connectivity index (χ2v) is 8.46. The van der Waals surface area contributed by atoms with Crippen LogP contribution in [0.15, 0.2) is 53.4 Å². The van der Waals surface area contributed by atoms with Gasteiger partial charge in [0.15, 0.2) is 6.61 Å². The number of halogens is 1. The molecule has 1 amide bonds. The molecular formula is C19H18ClN3O4S. The predicted octanol–water partition coefficient (Wildman–Crippen LogP) is 2.12. The fraction of sp³-hybridized carbons (Fsp3) is 0.263. The van der Waals surface area contributed by atoms with Gasteiger partial charge in [-0.3, -0.25) is 4.79 Å². The molecule has 9 heteroatoms. The van der Waals surface area contributed by atoms with E-state index in [4.69, 9.17) is 21.6 Å². The second-order valence-electron chi connectivity index (χ2n) is 6.14. The Morgan fingerprint density at radius 1 is 1.11 bits per heavy atom. The van der Waals surface area contributed by atoms with Crippen molar-refractivity contribution in [1.82, 2.24) is 9.21 Å². The number of ether oxygens (including phenoxy) is 1. The zero-order valence-electron chi connectivity index (χ0n) is 14.9. The number of carbonyl (C=O) groups excluding carboxylic acids is 1. The summed E-state index contributed by atoms with van der Waals surface area (Å²) in [5.41, 5.74) is 0.448. The van der Waals surface area contributed by atoms with Crippen LogP contribution in [0.1, 0.15) is 5.56 Å². The lowest BCUT2D eigenvalue weighted by Crippen LogP contribution is -2.51. The third-order valence-electron chi connectivity index (χ3n) is 4.37. The van der Waals surface area contributed by atoms with Gasteiger partial charge in [0.2, 0.25) is 10.0 Å². The summed E-state index contributed by atoms with van der Waals surface area (Å²) in [6.07, 6.45) is 0. The Hall–Kier alpha value is -2.60. The van der Waals surface area contributed by atoms with Crippen LogP contribution < -0.4 is 4.74 Å². The lowest BCUT2D eigenvalue weighted by Gasteiger charge is -2.34. The van der Waals surface area contributed by atoms with E-state index < -0.39 is 10.0 Å². The molecule has 2 aromatic rings. The van der Waals surface area contributed by atoms with E-state index in [1.165, 1.54) is 16.4 Å². The smallest absolute Gasteiger partial charge is 0.260 e. The predicted molar refractivity (Wildman–Crippen MR) is 103 cm³/mol. The first kappa shape index (κ1) is 20.1. The molecule has 1 heterocycles. The maximum Gasteiger partial charge on any atom is 0.260 e. The summed E-state index contributed by atoms with van der Waals surface area (Å²) in [4.78, 5) is 14.0. The molecule has 0 spiro atoms. The molecule has 0 saturated carbocycles. The van der Waals surface area contributed by atoms with Gasteiger partial charge < -0.3 is 9.64 Å². The number of hydrogen-bond donors (Lipinski definition) is 0. The lowest BCUT2D eigenvalue weighted by molar-refractivity contribution is -0.134. The highest BCUT2D eigenvalue weighted by atomic mass is 35.5. The normalized spacial score (nSPS) is 15.1. The van der Waals surface area contributed by atoms with E-state index in [2.05, 4.69) is 0 Å². The summed E-state index contributed by atoms with van der Waals surface area (Å²) >= 11 is 6.02. The SMILES string of the molecule is N#Cc1cccc(OCC(=O)N2CCN(S(=O)(=O)c3ccccc3Cl)CC2)c1. The topological polar surface area (TPSA) is 90.7 Å². The number of amides is 1. The average molecular weight is 420 g/mol. The third kappa shape index (κ3) is 4.44. The molecule has 28 heavy (non-hydrogen) atoms. The van der Waals surface area contributed by atoms with Crippen LogP contribution in [0.3, 0.4) is 0 Å². The summed E-state index contributed by atoms with van der Waals surface area (Å²) in [7, 11) is -3.70. The van der Waals surface area contributed by atoms with Gasteiger partial charge in [-0.05, 0) is 30.3 Å².